The number of rotatable bonds is 7. The molecule has 290 valence electrons. The van der Waals surface area contributed by atoms with Gasteiger partial charge in [0, 0.05) is 27.8 Å². The summed E-state index contributed by atoms with van der Waals surface area (Å²) < 4.78 is 2.40. The first-order chi connectivity index (χ1) is 30.8. The quantitative estimate of drug-likeness (QED) is 0.146. The standard InChI is InChI=1S/C60H40N2/c1-4-18-43(19-5-1)58-52-26-13-12-25-50(52)51-38-37-49(40-54(51)59(58)44-20-6-2-7-21-44)61(48-35-33-42(34-36-48)46-32-31-41-17-10-11-22-45(41)39-46)56-29-16-30-57-60(56)53-27-14-15-28-55(53)62(57)47-23-8-3-9-24-47/h1-40H. The van der Waals surface area contributed by atoms with E-state index in [2.05, 4.69) is 252 Å². The number of hydrogen-bond acceptors (Lipinski definition) is 1. The van der Waals surface area contributed by atoms with Crippen LogP contribution >= 0.6 is 0 Å². The maximum Gasteiger partial charge on any atom is 0.0562 e. The van der Waals surface area contributed by atoms with E-state index in [1.165, 1.54) is 82.0 Å². The molecule has 0 fully saturated rings. The molecule has 0 spiro atoms. The number of anilines is 3. The van der Waals surface area contributed by atoms with Crippen molar-refractivity contribution in [3.63, 3.8) is 0 Å². The molecule has 0 bridgehead atoms. The Morgan fingerprint density at radius 1 is 0.290 bits per heavy atom. The monoisotopic (exact) mass is 788 g/mol. The average molecular weight is 789 g/mol. The molecule has 0 aliphatic heterocycles. The molecule has 62 heavy (non-hydrogen) atoms. The van der Waals surface area contributed by atoms with Crippen LogP contribution in [0.4, 0.5) is 17.1 Å². The molecule has 0 aliphatic rings. The van der Waals surface area contributed by atoms with Crippen molar-refractivity contribution in [2.24, 2.45) is 0 Å². The predicted molar refractivity (Wildman–Crippen MR) is 264 cm³/mol. The summed E-state index contributed by atoms with van der Waals surface area (Å²) in [6, 6.07) is 88.6. The molecule has 2 heteroatoms. The fourth-order valence-corrected chi connectivity index (χ4v) is 9.77. The molecule has 0 N–H and O–H groups in total. The number of nitrogens with zero attached hydrogens (tertiary/aromatic N) is 2. The van der Waals surface area contributed by atoms with Crippen molar-refractivity contribution in [1.29, 1.82) is 0 Å². The van der Waals surface area contributed by atoms with E-state index in [1.807, 2.05) is 0 Å². The van der Waals surface area contributed by atoms with Gasteiger partial charge in [-0.05, 0) is 126 Å². The lowest BCUT2D eigenvalue weighted by molar-refractivity contribution is 1.18. The third-order valence-electron chi connectivity index (χ3n) is 12.5. The highest BCUT2D eigenvalue weighted by Crippen LogP contribution is 2.49. The van der Waals surface area contributed by atoms with Crippen LogP contribution in [0.5, 0.6) is 0 Å². The Hall–Kier alpha value is -8.20. The molecule has 0 amide bonds. The summed E-state index contributed by atoms with van der Waals surface area (Å²) in [4.78, 5) is 2.47. The zero-order chi connectivity index (χ0) is 41.0. The summed E-state index contributed by atoms with van der Waals surface area (Å²) in [5, 5.41) is 9.84. The Morgan fingerprint density at radius 3 is 1.58 bits per heavy atom. The molecule has 0 saturated carbocycles. The molecule has 2 nitrogen and oxygen atoms in total. The smallest absolute Gasteiger partial charge is 0.0562 e. The third-order valence-corrected chi connectivity index (χ3v) is 12.5. The lowest BCUT2D eigenvalue weighted by atomic mass is 9.85. The zero-order valence-electron chi connectivity index (χ0n) is 34.0. The highest BCUT2D eigenvalue weighted by atomic mass is 15.1. The summed E-state index contributed by atoms with van der Waals surface area (Å²) in [6.07, 6.45) is 0. The van der Waals surface area contributed by atoms with Crippen molar-refractivity contribution in [3.05, 3.63) is 243 Å². The van der Waals surface area contributed by atoms with Gasteiger partial charge in [-0.3, -0.25) is 0 Å². The molecule has 1 aromatic heterocycles. The summed E-state index contributed by atoms with van der Waals surface area (Å²) in [6.45, 7) is 0. The van der Waals surface area contributed by atoms with Crippen molar-refractivity contribution in [2.75, 3.05) is 4.90 Å². The van der Waals surface area contributed by atoms with Gasteiger partial charge in [0.2, 0.25) is 0 Å². The van der Waals surface area contributed by atoms with Gasteiger partial charge in [0.1, 0.15) is 0 Å². The van der Waals surface area contributed by atoms with E-state index < -0.39 is 0 Å². The fourth-order valence-electron chi connectivity index (χ4n) is 9.77. The van der Waals surface area contributed by atoms with E-state index in [0.29, 0.717) is 0 Å². The van der Waals surface area contributed by atoms with Gasteiger partial charge in [0.05, 0.1) is 16.7 Å². The molecular formula is C60H40N2. The maximum atomic E-state index is 2.47. The van der Waals surface area contributed by atoms with Crippen LogP contribution in [0.1, 0.15) is 0 Å². The van der Waals surface area contributed by atoms with Crippen LogP contribution in [-0.2, 0) is 0 Å². The van der Waals surface area contributed by atoms with E-state index in [9.17, 15) is 0 Å². The number of benzene rings is 11. The second kappa shape index (κ2) is 14.8. The van der Waals surface area contributed by atoms with E-state index in [0.717, 1.165) is 28.3 Å². The summed E-state index contributed by atoms with van der Waals surface area (Å²) in [5.74, 6) is 0. The number of hydrogen-bond donors (Lipinski definition) is 0. The first-order valence-electron chi connectivity index (χ1n) is 21.3. The average Bonchev–Trinajstić information content (AvgIpc) is 3.69. The molecule has 0 unspecified atom stereocenters. The molecule has 0 radical (unpaired) electrons. The molecule has 12 aromatic rings. The van der Waals surface area contributed by atoms with Gasteiger partial charge in [-0.25, -0.2) is 0 Å². The SMILES string of the molecule is c1ccc(-c2c(-c3ccccc3)c3cc(N(c4ccc(-c5ccc6ccccc6c5)cc4)c4cccc5c4c4ccccc4n5-c4ccccc4)ccc3c3ccccc23)cc1. The fraction of sp³-hybridized carbons (Fsp3) is 0. The third kappa shape index (κ3) is 5.88. The van der Waals surface area contributed by atoms with Gasteiger partial charge >= 0.3 is 0 Å². The molecule has 0 aliphatic carbocycles. The van der Waals surface area contributed by atoms with Gasteiger partial charge in [-0.15, -0.1) is 0 Å². The Bertz CT molecular complexity index is 3610. The number of aromatic nitrogens is 1. The van der Waals surface area contributed by atoms with Crippen molar-refractivity contribution >= 4 is 71.2 Å². The Kier molecular flexibility index (Phi) is 8.53. The van der Waals surface area contributed by atoms with E-state index >= 15 is 0 Å². The Morgan fingerprint density at radius 2 is 0.839 bits per heavy atom. The molecule has 11 aromatic carbocycles. The lowest BCUT2D eigenvalue weighted by Gasteiger charge is -2.28. The summed E-state index contributed by atoms with van der Waals surface area (Å²) >= 11 is 0. The predicted octanol–water partition coefficient (Wildman–Crippen LogP) is 16.7. The lowest BCUT2D eigenvalue weighted by Crippen LogP contribution is -2.10. The molecule has 12 rings (SSSR count). The molecule has 1 heterocycles. The van der Waals surface area contributed by atoms with Crippen molar-refractivity contribution in [2.45, 2.75) is 0 Å². The zero-order valence-corrected chi connectivity index (χ0v) is 34.0. The van der Waals surface area contributed by atoms with Crippen LogP contribution in [0.3, 0.4) is 0 Å². The van der Waals surface area contributed by atoms with E-state index in [-0.39, 0.29) is 0 Å². The van der Waals surface area contributed by atoms with Gasteiger partial charge in [0.15, 0.2) is 0 Å². The first kappa shape index (κ1) is 35.7. The minimum atomic E-state index is 1.09. The van der Waals surface area contributed by atoms with Gasteiger partial charge < -0.3 is 9.47 Å². The second-order valence-corrected chi connectivity index (χ2v) is 16.1. The molecule has 0 atom stereocenters. The number of fused-ring (bicyclic) bond motifs is 7. The molecular weight excluding hydrogens is 749 g/mol. The Labute approximate surface area is 360 Å². The number of para-hydroxylation sites is 2. The highest BCUT2D eigenvalue weighted by molar-refractivity contribution is 6.23. The second-order valence-electron chi connectivity index (χ2n) is 16.1. The van der Waals surface area contributed by atoms with Gasteiger partial charge in [0.25, 0.3) is 0 Å². The van der Waals surface area contributed by atoms with Gasteiger partial charge in [-0.2, -0.15) is 0 Å². The van der Waals surface area contributed by atoms with E-state index in [4.69, 9.17) is 0 Å². The minimum absolute atomic E-state index is 1.09. The maximum absolute atomic E-state index is 2.47. The van der Waals surface area contributed by atoms with Crippen LogP contribution in [0.25, 0.3) is 93.2 Å². The summed E-state index contributed by atoms with van der Waals surface area (Å²) in [7, 11) is 0. The van der Waals surface area contributed by atoms with Crippen LogP contribution in [-0.4, -0.2) is 4.57 Å². The van der Waals surface area contributed by atoms with Crippen molar-refractivity contribution < 1.29 is 0 Å². The first-order valence-corrected chi connectivity index (χ1v) is 21.3. The van der Waals surface area contributed by atoms with Crippen LogP contribution in [0.2, 0.25) is 0 Å². The van der Waals surface area contributed by atoms with Crippen LogP contribution < -0.4 is 4.90 Å². The topological polar surface area (TPSA) is 8.17 Å². The van der Waals surface area contributed by atoms with Crippen LogP contribution in [0, 0.1) is 0 Å². The van der Waals surface area contributed by atoms with Crippen LogP contribution in [0.15, 0.2) is 243 Å². The Balaban J connectivity index is 1.15. The summed E-state index contributed by atoms with van der Waals surface area (Å²) in [5.41, 5.74) is 14.0. The normalized spacial score (nSPS) is 11.5. The largest absolute Gasteiger partial charge is 0.310 e. The molecule has 0 saturated heterocycles. The minimum Gasteiger partial charge on any atom is -0.310 e. The van der Waals surface area contributed by atoms with Gasteiger partial charge in [-0.1, -0.05) is 182 Å². The highest BCUT2D eigenvalue weighted by Gasteiger charge is 2.23. The van der Waals surface area contributed by atoms with Crippen molar-refractivity contribution in [1.82, 2.24) is 4.57 Å². The van der Waals surface area contributed by atoms with Crippen molar-refractivity contribution in [3.8, 4) is 39.1 Å². The van der Waals surface area contributed by atoms with E-state index in [1.54, 1.807) is 0 Å².